The lowest BCUT2D eigenvalue weighted by atomic mass is 10.0. The maximum absolute atomic E-state index is 13.0. The molecule has 2 heterocycles. The number of hydrogen-bond donors (Lipinski definition) is 1. The van der Waals surface area contributed by atoms with Gasteiger partial charge in [-0.05, 0) is 25.1 Å². The summed E-state index contributed by atoms with van der Waals surface area (Å²) in [7, 11) is 0. The fourth-order valence-electron chi connectivity index (χ4n) is 3.01. The van der Waals surface area contributed by atoms with Gasteiger partial charge in [0.25, 0.3) is 5.56 Å². The van der Waals surface area contributed by atoms with E-state index in [0.29, 0.717) is 26.3 Å². The number of benzene rings is 2. The Bertz CT molecular complexity index is 1170. The first-order valence-electron chi connectivity index (χ1n) is 8.17. The van der Waals surface area contributed by atoms with E-state index >= 15 is 0 Å². The van der Waals surface area contributed by atoms with E-state index in [1.54, 1.807) is 22.8 Å². The third kappa shape index (κ3) is 2.62. The molecular formula is C21H16N2O2S. The number of thiophene rings is 1. The fourth-order valence-corrected chi connectivity index (χ4v) is 4.09. The van der Waals surface area contributed by atoms with Crippen LogP contribution >= 0.6 is 11.3 Å². The van der Waals surface area contributed by atoms with Gasteiger partial charge in [0.15, 0.2) is 5.78 Å². The molecule has 2 aromatic heterocycles. The summed E-state index contributed by atoms with van der Waals surface area (Å²) < 4.78 is 1.61. The minimum absolute atomic E-state index is 0.136. The van der Waals surface area contributed by atoms with Crippen LogP contribution < -0.4 is 11.3 Å². The molecule has 2 aromatic carbocycles. The maximum Gasteiger partial charge on any atom is 0.256 e. The second-order valence-electron chi connectivity index (χ2n) is 6.10. The molecule has 0 fully saturated rings. The zero-order valence-electron chi connectivity index (χ0n) is 14.1. The number of carbonyl (C=O) groups excluding carboxylic acids is 1. The summed E-state index contributed by atoms with van der Waals surface area (Å²) in [6, 6.07) is 19.9. The van der Waals surface area contributed by atoms with Gasteiger partial charge >= 0.3 is 0 Å². The van der Waals surface area contributed by atoms with Crippen molar-refractivity contribution < 1.29 is 4.79 Å². The summed E-state index contributed by atoms with van der Waals surface area (Å²) in [6.45, 7) is 1.99. The Kier molecular flexibility index (Phi) is 3.93. The normalized spacial score (nSPS) is 11.0. The first kappa shape index (κ1) is 16.3. The van der Waals surface area contributed by atoms with Gasteiger partial charge in [-0.15, -0.1) is 0 Å². The number of nitrogen functional groups attached to an aromatic ring is 1. The molecule has 26 heavy (non-hydrogen) atoms. The smallest absolute Gasteiger partial charge is 0.256 e. The van der Waals surface area contributed by atoms with Gasteiger partial charge in [-0.2, -0.15) is 0 Å². The van der Waals surface area contributed by atoms with Gasteiger partial charge in [-0.25, -0.2) is 0 Å². The van der Waals surface area contributed by atoms with Crippen molar-refractivity contribution in [3.8, 4) is 5.69 Å². The van der Waals surface area contributed by atoms with Crippen LogP contribution in [0.5, 0.6) is 0 Å². The number of aromatic nitrogens is 1. The van der Waals surface area contributed by atoms with Crippen LogP contribution in [-0.4, -0.2) is 10.4 Å². The standard InChI is InChI=1S/C21H16N2O2S/c1-13-7-9-15(10-8-13)23-17(24)12-11-16-18(20(22)26-21(16)23)19(25)14-5-3-2-4-6-14/h2-12H,22H2,1H3. The third-order valence-electron chi connectivity index (χ3n) is 4.32. The van der Waals surface area contributed by atoms with Crippen LogP contribution in [0.25, 0.3) is 15.9 Å². The highest BCUT2D eigenvalue weighted by Gasteiger charge is 2.21. The summed E-state index contributed by atoms with van der Waals surface area (Å²) in [6.07, 6.45) is 0. The Morgan fingerprint density at radius 1 is 0.962 bits per heavy atom. The average Bonchev–Trinajstić information content (AvgIpc) is 2.98. The van der Waals surface area contributed by atoms with Gasteiger partial charge < -0.3 is 5.73 Å². The van der Waals surface area contributed by atoms with Crippen molar-refractivity contribution in [3.63, 3.8) is 0 Å². The zero-order valence-corrected chi connectivity index (χ0v) is 14.9. The highest BCUT2D eigenvalue weighted by Crippen LogP contribution is 2.35. The molecule has 4 rings (SSSR count). The molecule has 0 spiro atoms. The van der Waals surface area contributed by atoms with E-state index in [9.17, 15) is 9.59 Å². The Morgan fingerprint density at radius 3 is 2.35 bits per heavy atom. The van der Waals surface area contributed by atoms with Crippen LogP contribution in [0.4, 0.5) is 5.00 Å². The lowest BCUT2D eigenvalue weighted by Crippen LogP contribution is -2.16. The molecule has 0 saturated heterocycles. The van der Waals surface area contributed by atoms with Gasteiger partial charge in [0.05, 0.1) is 16.3 Å². The van der Waals surface area contributed by atoms with E-state index in [1.807, 2.05) is 49.4 Å². The summed E-state index contributed by atoms with van der Waals surface area (Å²) in [5, 5.41) is 1.11. The number of nitrogens with zero attached hydrogens (tertiary/aromatic N) is 1. The first-order chi connectivity index (χ1) is 12.6. The van der Waals surface area contributed by atoms with E-state index in [4.69, 9.17) is 5.73 Å². The van der Waals surface area contributed by atoms with Crippen molar-refractivity contribution in [3.05, 3.63) is 93.8 Å². The highest BCUT2D eigenvalue weighted by atomic mass is 32.1. The Balaban J connectivity index is 1.97. The largest absolute Gasteiger partial charge is 0.390 e. The predicted molar refractivity (Wildman–Crippen MR) is 106 cm³/mol. The molecule has 4 nitrogen and oxygen atoms in total. The van der Waals surface area contributed by atoms with Crippen molar-refractivity contribution in [2.75, 3.05) is 5.73 Å². The van der Waals surface area contributed by atoms with E-state index in [0.717, 1.165) is 11.3 Å². The maximum atomic E-state index is 13.0. The van der Waals surface area contributed by atoms with Crippen molar-refractivity contribution in [1.29, 1.82) is 0 Å². The quantitative estimate of drug-likeness (QED) is 0.558. The number of nitrogens with two attached hydrogens (primary N) is 1. The third-order valence-corrected chi connectivity index (χ3v) is 5.34. The van der Waals surface area contributed by atoms with Crippen LogP contribution in [-0.2, 0) is 0 Å². The summed E-state index contributed by atoms with van der Waals surface area (Å²) in [4.78, 5) is 26.2. The molecule has 128 valence electrons. The van der Waals surface area contributed by atoms with Crippen LogP contribution in [0.3, 0.4) is 0 Å². The Hall–Kier alpha value is -3.18. The van der Waals surface area contributed by atoms with Crippen molar-refractivity contribution >= 4 is 32.3 Å². The molecule has 4 aromatic rings. The zero-order chi connectivity index (χ0) is 18.3. The SMILES string of the molecule is Cc1ccc(-n2c(=O)ccc3c(C(=O)c4ccccc4)c(N)sc32)cc1. The van der Waals surface area contributed by atoms with Crippen LogP contribution in [0.1, 0.15) is 21.5 Å². The number of pyridine rings is 1. The number of carbonyl (C=O) groups is 1. The minimum atomic E-state index is -0.152. The topological polar surface area (TPSA) is 65.1 Å². The summed E-state index contributed by atoms with van der Waals surface area (Å²) >= 11 is 1.26. The number of aryl methyl sites for hydroxylation is 1. The molecule has 0 saturated carbocycles. The molecule has 0 unspecified atom stereocenters. The second-order valence-corrected chi connectivity index (χ2v) is 7.13. The van der Waals surface area contributed by atoms with Gasteiger partial charge in [-0.3, -0.25) is 14.2 Å². The lowest BCUT2D eigenvalue weighted by molar-refractivity contribution is 0.104. The minimum Gasteiger partial charge on any atom is -0.390 e. The molecule has 5 heteroatoms. The van der Waals surface area contributed by atoms with E-state index in [2.05, 4.69) is 0 Å². The molecule has 2 N–H and O–H groups in total. The van der Waals surface area contributed by atoms with Gasteiger partial charge in [0.1, 0.15) is 4.83 Å². The number of fused-ring (bicyclic) bond motifs is 1. The molecular weight excluding hydrogens is 344 g/mol. The summed E-state index contributed by atoms with van der Waals surface area (Å²) in [5.41, 5.74) is 8.94. The van der Waals surface area contributed by atoms with E-state index < -0.39 is 0 Å². The molecule has 0 aliphatic carbocycles. The van der Waals surface area contributed by atoms with Crippen LogP contribution in [0, 0.1) is 6.92 Å². The van der Waals surface area contributed by atoms with E-state index in [-0.39, 0.29) is 11.3 Å². The molecule has 0 radical (unpaired) electrons. The second kappa shape index (κ2) is 6.28. The van der Waals surface area contributed by atoms with Gasteiger partial charge in [0, 0.05) is 17.0 Å². The predicted octanol–water partition coefficient (Wildman–Crippen LogP) is 4.17. The van der Waals surface area contributed by atoms with Crippen LogP contribution in [0.2, 0.25) is 0 Å². The van der Waals surface area contributed by atoms with Gasteiger partial charge in [-0.1, -0.05) is 59.4 Å². The van der Waals surface area contributed by atoms with E-state index in [1.165, 1.54) is 17.4 Å². The monoisotopic (exact) mass is 360 g/mol. The number of ketones is 1. The molecule has 0 atom stereocenters. The Morgan fingerprint density at radius 2 is 1.65 bits per heavy atom. The Labute approximate surface area is 154 Å². The molecule has 0 aliphatic rings. The van der Waals surface area contributed by atoms with Crippen molar-refractivity contribution in [2.45, 2.75) is 6.92 Å². The van der Waals surface area contributed by atoms with Crippen molar-refractivity contribution in [1.82, 2.24) is 4.57 Å². The lowest BCUT2D eigenvalue weighted by Gasteiger charge is -2.08. The van der Waals surface area contributed by atoms with Crippen LogP contribution in [0.15, 0.2) is 71.5 Å². The van der Waals surface area contributed by atoms with Crippen molar-refractivity contribution in [2.24, 2.45) is 0 Å². The number of rotatable bonds is 3. The molecule has 0 aliphatic heterocycles. The average molecular weight is 360 g/mol. The fraction of sp³-hybridized carbons (Fsp3) is 0.0476. The van der Waals surface area contributed by atoms with Gasteiger partial charge in [0.2, 0.25) is 0 Å². The summed E-state index contributed by atoms with van der Waals surface area (Å²) in [5.74, 6) is -0.136. The molecule has 0 amide bonds. The number of hydrogen-bond acceptors (Lipinski definition) is 4. The highest BCUT2D eigenvalue weighted by molar-refractivity contribution is 7.22. The number of anilines is 1. The first-order valence-corrected chi connectivity index (χ1v) is 8.99. The molecule has 0 bridgehead atoms.